The number of benzene rings is 1. The van der Waals surface area contributed by atoms with Crippen molar-refractivity contribution in [2.24, 2.45) is 5.73 Å². The smallest absolute Gasteiger partial charge is 0.221 e. The van der Waals surface area contributed by atoms with Gasteiger partial charge in [0, 0.05) is 0 Å². The second-order valence-electron chi connectivity index (χ2n) is 3.16. The molecule has 0 radical (unpaired) electrons. The third-order valence-electron chi connectivity index (χ3n) is 2.00. The Morgan fingerprint density at radius 1 is 1.31 bits per heavy atom. The molecule has 1 aromatic carbocycles. The molecule has 0 spiro atoms. The Morgan fingerprint density at radius 3 is 2.46 bits per heavy atom. The molecule has 0 aliphatic rings. The van der Waals surface area contributed by atoms with Crippen LogP contribution in [-0.2, 0) is 17.6 Å². The molecule has 2 heteroatoms. The molecule has 0 saturated heterocycles. The van der Waals surface area contributed by atoms with Gasteiger partial charge in [-0.15, -0.1) is 0 Å². The summed E-state index contributed by atoms with van der Waals surface area (Å²) in [5.74, 6) is -0.261. The summed E-state index contributed by atoms with van der Waals surface area (Å²) in [5.41, 5.74) is 7.46. The van der Waals surface area contributed by atoms with Gasteiger partial charge in [0.25, 0.3) is 0 Å². The predicted molar refractivity (Wildman–Crippen MR) is 53.3 cm³/mol. The van der Waals surface area contributed by atoms with E-state index in [-0.39, 0.29) is 5.91 Å². The van der Waals surface area contributed by atoms with Crippen molar-refractivity contribution in [1.29, 1.82) is 0 Å². The van der Waals surface area contributed by atoms with Crippen molar-refractivity contribution in [2.45, 2.75) is 26.2 Å². The summed E-state index contributed by atoms with van der Waals surface area (Å²) in [7, 11) is 0. The van der Waals surface area contributed by atoms with Gasteiger partial charge in [-0.1, -0.05) is 37.6 Å². The lowest BCUT2D eigenvalue weighted by atomic mass is 10.0. The Labute approximate surface area is 78.8 Å². The van der Waals surface area contributed by atoms with E-state index in [9.17, 15) is 4.79 Å². The molecule has 0 aliphatic heterocycles. The number of hydrogen-bond acceptors (Lipinski definition) is 1. The van der Waals surface area contributed by atoms with Gasteiger partial charge in [0.2, 0.25) is 5.91 Å². The van der Waals surface area contributed by atoms with Crippen molar-refractivity contribution in [3.05, 3.63) is 35.4 Å². The number of hydrogen-bond donors (Lipinski definition) is 1. The summed E-state index contributed by atoms with van der Waals surface area (Å²) < 4.78 is 0. The van der Waals surface area contributed by atoms with Gasteiger partial charge in [0.15, 0.2) is 0 Å². The van der Waals surface area contributed by atoms with Gasteiger partial charge in [0.05, 0.1) is 6.42 Å². The summed E-state index contributed by atoms with van der Waals surface area (Å²) in [6, 6.07) is 7.96. The van der Waals surface area contributed by atoms with Crippen molar-refractivity contribution in [3.8, 4) is 0 Å². The number of nitrogens with two attached hydrogens (primary N) is 1. The molecule has 0 aromatic heterocycles. The first-order chi connectivity index (χ1) is 6.24. The summed E-state index contributed by atoms with van der Waals surface area (Å²) in [6.07, 6.45) is 2.47. The highest BCUT2D eigenvalue weighted by molar-refractivity contribution is 5.76. The van der Waals surface area contributed by atoms with Gasteiger partial charge >= 0.3 is 0 Å². The molecule has 1 aromatic rings. The largest absolute Gasteiger partial charge is 0.369 e. The fourth-order valence-corrected chi connectivity index (χ4v) is 1.43. The molecule has 2 nitrogen and oxygen atoms in total. The normalized spacial score (nSPS) is 9.92. The van der Waals surface area contributed by atoms with Crippen LogP contribution in [0.3, 0.4) is 0 Å². The molecule has 0 saturated carbocycles. The molecule has 0 aliphatic carbocycles. The van der Waals surface area contributed by atoms with Crippen molar-refractivity contribution >= 4 is 5.91 Å². The number of primary amides is 1. The van der Waals surface area contributed by atoms with Gasteiger partial charge in [0.1, 0.15) is 0 Å². The van der Waals surface area contributed by atoms with Gasteiger partial charge in [-0.2, -0.15) is 0 Å². The molecular weight excluding hydrogens is 162 g/mol. The molecule has 0 unspecified atom stereocenters. The van der Waals surface area contributed by atoms with Crippen molar-refractivity contribution in [1.82, 2.24) is 0 Å². The number of amides is 1. The van der Waals surface area contributed by atoms with E-state index >= 15 is 0 Å². The molecular formula is C11H15NO. The third kappa shape index (κ3) is 2.90. The van der Waals surface area contributed by atoms with Crippen LogP contribution in [0.15, 0.2) is 24.3 Å². The Balaban J connectivity index is 2.84. The molecule has 70 valence electrons. The zero-order valence-electron chi connectivity index (χ0n) is 7.92. The maximum atomic E-state index is 10.7. The minimum absolute atomic E-state index is 0.261. The molecule has 13 heavy (non-hydrogen) atoms. The predicted octanol–water partition coefficient (Wildman–Crippen LogP) is 1.67. The lowest BCUT2D eigenvalue weighted by Gasteiger charge is -2.05. The van der Waals surface area contributed by atoms with Crippen molar-refractivity contribution < 1.29 is 4.79 Å². The molecule has 0 fully saturated rings. The molecule has 1 amide bonds. The quantitative estimate of drug-likeness (QED) is 0.746. The first-order valence-corrected chi connectivity index (χ1v) is 4.59. The highest BCUT2D eigenvalue weighted by Crippen LogP contribution is 2.11. The van der Waals surface area contributed by atoms with Crippen LogP contribution in [0, 0.1) is 0 Å². The summed E-state index contributed by atoms with van der Waals surface area (Å²) >= 11 is 0. The van der Waals surface area contributed by atoms with Crippen LogP contribution in [0.2, 0.25) is 0 Å². The van der Waals surface area contributed by atoms with Crippen LogP contribution >= 0.6 is 0 Å². The fraction of sp³-hybridized carbons (Fsp3) is 0.364. The van der Waals surface area contributed by atoms with Crippen LogP contribution < -0.4 is 5.73 Å². The monoisotopic (exact) mass is 177 g/mol. The van der Waals surface area contributed by atoms with Gasteiger partial charge in [-0.25, -0.2) is 0 Å². The van der Waals surface area contributed by atoms with E-state index in [1.54, 1.807) is 0 Å². The van der Waals surface area contributed by atoms with Crippen LogP contribution in [0.4, 0.5) is 0 Å². The molecule has 0 heterocycles. The highest BCUT2D eigenvalue weighted by Gasteiger charge is 2.03. The Kier molecular flexibility index (Phi) is 3.50. The van der Waals surface area contributed by atoms with E-state index < -0.39 is 0 Å². The van der Waals surface area contributed by atoms with Crippen LogP contribution in [-0.4, -0.2) is 5.91 Å². The first-order valence-electron chi connectivity index (χ1n) is 4.59. The lowest BCUT2D eigenvalue weighted by molar-refractivity contribution is -0.117. The minimum atomic E-state index is -0.261. The molecule has 1 rings (SSSR count). The molecule has 2 N–H and O–H groups in total. The standard InChI is InChI=1S/C11H15NO/c1-2-5-9-6-3-4-7-10(9)8-11(12)13/h3-4,6-7H,2,5,8H2,1H3,(H2,12,13). The lowest BCUT2D eigenvalue weighted by Crippen LogP contribution is -2.14. The summed E-state index contributed by atoms with van der Waals surface area (Å²) in [6.45, 7) is 2.13. The zero-order valence-corrected chi connectivity index (χ0v) is 7.92. The molecule has 0 atom stereocenters. The number of carbonyl (C=O) groups excluding carboxylic acids is 1. The average molecular weight is 177 g/mol. The highest BCUT2D eigenvalue weighted by atomic mass is 16.1. The SMILES string of the molecule is CCCc1ccccc1CC(N)=O. The number of aryl methyl sites for hydroxylation is 1. The van der Waals surface area contributed by atoms with E-state index in [0.717, 1.165) is 18.4 Å². The Bertz CT molecular complexity index is 294. The van der Waals surface area contributed by atoms with Crippen LogP contribution in [0.1, 0.15) is 24.5 Å². The van der Waals surface area contributed by atoms with Gasteiger partial charge in [-0.3, -0.25) is 4.79 Å². The van der Waals surface area contributed by atoms with E-state index in [1.807, 2.05) is 18.2 Å². The maximum Gasteiger partial charge on any atom is 0.221 e. The van der Waals surface area contributed by atoms with Crippen molar-refractivity contribution in [2.75, 3.05) is 0 Å². The van der Waals surface area contributed by atoms with E-state index in [0.29, 0.717) is 6.42 Å². The zero-order chi connectivity index (χ0) is 9.68. The Morgan fingerprint density at radius 2 is 1.92 bits per heavy atom. The average Bonchev–Trinajstić information content (AvgIpc) is 2.08. The summed E-state index contributed by atoms with van der Waals surface area (Å²) in [4.78, 5) is 10.7. The molecule has 0 bridgehead atoms. The van der Waals surface area contributed by atoms with E-state index in [4.69, 9.17) is 5.73 Å². The first kappa shape index (κ1) is 9.78. The fourth-order valence-electron chi connectivity index (χ4n) is 1.43. The second-order valence-corrected chi connectivity index (χ2v) is 3.16. The van der Waals surface area contributed by atoms with Crippen LogP contribution in [0.25, 0.3) is 0 Å². The number of rotatable bonds is 4. The topological polar surface area (TPSA) is 43.1 Å². The minimum Gasteiger partial charge on any atom is -0.369 e. The van der Waals surface area contributed by atoms with Gasteiger partial charge in [-0.05, 0) is 17.5 Å². The van der Waals surface area contributed by atoms with E-state index in [2.05, 4.69) is 13.0 Å². The van der Waals surface area contributed by atoms with Gasteiger partial charge < -0.3 is 5.73 Å². The maximum absolute atomic E-state index is 10.7. The van der Waals surface area contributed by atoms with Crippen molar-refractivity contribution in [3.63, 3.8) is 0 Å². The Hall–Kier alpha value is -1.31. The van der Waals surface area contributed by atoms with Crippen LogP contribution in [0.5, 0.6) is 0 Å². The summed E-state index contributed by atoms with van der Waals surface area (Å²) in [5, 5.41) is 0. The second kappa shape index (κ2) is 4.65. The number of carbonyl (C=O) groups is 1. The third-order valence-corrected chi connectivity index (χ3v) is 2.00. The van der Waals surface area contributed by atoms with E-state index in [1.165, 1.54) is 5.56 Å².